The third kappa shape index (κ3) is 3.33. The van der Waals surface area contributed by atoms with E-state index >= 15 is 0 Å². The Kier molecular flexibility index (Phi) is 4.37. The first-order chi connectivity index (χ1) is 10.1. The quantitative estimate of drug-likeness (QED) is 0.889. The topological polar surface area (TPSA) is 79.5 Å². The maximum absolute atomic E-state index is 11.3. The molecule has 0 saturated carbocycles. The minimum Gasteiger partial charge on any atom is -0.480 e. The molecule has 0 bridgehead atoms. The highest BCUT2D eigenvalue weighted by molar-refractivity contribution is 9.11. The predicted molar refractivity (Wildman–Crippen MR) is 81.0 cm³/mol. The van der Waals surface area contributed by atoms with Crippen LogP contribution in [0.25, 0.3) is 10.8 Å². The van der Waals surface area contributed by atoms with Crippen molar-refractivity contribution in [3.8, 4) is 10.8 Å². The number of halogens is 1. The fourth-order valence-electron chi connectivity index (χ4n) is 2.48. The Morgan fingerprint density at radius 1 is 1.48 bits per heavy atom. The molecule has 1 saturated heterocycles. The highest BCUT2D eigenvalue weighted by atomic mass is 79.9. The van der Waals surface area contributed by atoms with E-state index in [0.717, 1.165) is 28.0 Å². The monoisotopic (exact) mass is 371 g/mol. The van der Waals surface area contributed by atoms with Gasteiger partial charge in [-0.1, -0.05) is 6.42 Å². The van der Waals surface area contributed by atoms with Gasteiger partial charge in [0.1, 0.15) is 6.04 Å². The molecule has 6 nitrogen and oxygen atoms in total. The minimum atomic E-state index is -0.781. The number of hydrogen-bond donors (Lipinski definition) is 1. The van der Waals surface area contributed by atoms with Crippen LogP contribution in [0, 0.1) is 0 Å². The molecule has 3 rings (SSSR count). The van der Waals surface area contributed by atoms with Gasteiger partial charge < -0.3 is 9.52 Å². The lowest BCUT2D eigenvalue weighted by Crippen LogP contribution is -2.44. The molecule has 1 atom stereocenters. The van der Waals surface area contributed by atoms with Crippen molar-refractivity contribution < 1.29 is 14.3 Å². The van der Waals surface area contributed by atoms with E-state index in [-0.39, 0.29) is 0 Å². The molecular weight excluding hydrogens is 358 g/mol. The number of rotatable bonds is 4. The van der Waals surface area contributed by atoms with Crippen molar-refractivity contribution in [2.75, 3.05) is 6.54 Å². The molecule has 0 radical (unpaired) electrons. The maximum Gasteiger partial charge on any atom is 0.320 e. The van der Waals surface area contributed by atoms with Crippen LogP contribution in [0.15, 0.2) is 20.3 Å². The van der Waals surface area contributed by atoms with E-state index in [9.17, 15) is 9.90 Å². The van der Waals surface area contributed by atoms with Crippen molar-refractivity contribution in [2.45, 2.75) is 31.8 Å². The standard InChI is InChI=1S/C13H14BrN3O3S/c14-10-5-4-9(21-10)12-16-15-11(20-12)7-17-6-2-1-3-8(17)13(18)19/h4-5,8H,1-3,6-7H2,(H,18,19). The van der Waals surface area contributed by atoms with Crippen molar-refractivity contribution in [3.63, 3.8) is 0 Å². The largest absolute Gasteiger partial charge is 0.480 e. The minimum absolute atomic E-state index is 0.385. The Bertz CT molecular complexity index is 642. The lowest BCUT2D eigenvalue weighted by molar-refractivity contribution is -0.145. The number of carbonyl (C=O) groups is 1. The number of piperidine rings is 1. The molecule has 0 aliphatic carbocycles. The van der Waals surface area contributed by atoms with Crippen molar-refractivity contribution in [1.82, 2.24) is 15.1 Å². The van der Waals surface area contributed by atoms with Crippen molar-refractivity contribution in [3.05, 3.63) is 21.8 Å². The van der Waals surface area contributed by atoms with Crippen molar-refractivity contribution in [2.24, 2.45) is 0 Å². The first kappa shape index (κ1) is 14.7. The van der Waals surface area contributed by atoms with E-state index in [2.05, 4.69) is 26.1 Å². The summed E-state index contributed by atoms with van der Waals surface area (Å²) in [7, 11) is 0. The van der Waals surface area contributed by atoms with Crippen molar-refractivity contribution in [1.29, 1.82) is 0 Å². The summed E-state index contributed by atoms with van der Waals surface area (Å²) >= 11 is 4.91. The van der Waals surface area contributed by atoms with Crippen LogP contribution >= 0.6 is 27.3 Å². The van der Waals surface area contributed by atoms with E-state index in [1.165, 1.54) is 11.3 Å². The molecule has 2 aromatic rings. The van der Waals surface area contributed by atoms with Gasteiger partial charge in [0.25, 0.3) is 5.89 Å². The van der Waals surface area contributed by atoms with Gasteiger partial charge in [0.05, 0.1) is 15.2 Å². The average molecular weight is 372 g/mol. The van der Waals surface area contributed by atoms with E-state index in [0.29, 0.717) is 24.7 Å². The van der Waals surface area contributed by atoms with Gasteiger partial charge in [-0.05, 0) is 47.4 Å². The van der Waals surface area contributed by atoms with Gasteiger partial charge in [0.2, 0.25) is 5.89 Å². The Labute approximate surface area is 133 Å². The number of carboxylic acids is 1. The van der Waals surface area contributed by atoms with Gasteiger partial charge >= 0.3 is 5.97 Å². The summed E-state index contributed by atoms with van der Waals surface area (Å²) in [4.78, 5) is 14.1. The maximum atomic E-state index is 11.3. The molecule has 8 heteroatoms. The van der Waals surface area contributed by atoms with Crippen LogP contribution in [0.1, 0.15) is 25.2 Å². The summed E-state index contributed by atoms with van der Waals surface area (Å²) in [5.74, 6) is 0.156. The molecule has 0 spiro atoms. The molecule has 1 N–H and O–H groups in total. The number of aliphatic carboxylic acids is 1. The zero-order chi connectivity index (χ0) is 14.8. The third-order valence-corrected chi connectivity index (χ3v) is 5.10. The number of likely N-dealkylation sites (tertiary alicyclic amines) is 1. The summed E-state index contributed by atoms with van der Waals surface area (Å²) in [5.41, 5.74) is 0. The Morgan fingerprint density at radius 3 is 3.05 bits per heavy atom. The number of carboxylic acid groups (broad SMARTS) is 1. The highest BCUT2D eigenvalue weighted by Gasteiger charge is 2.29. The molecule has 1 unspecified atom stereocenters. The molecule has 2 aromatic heterocycles. The first-order valence-electron chi connectivity index (χ1n) is 6.68. The third-order valence-electron chi connectivity index (χ3n) is 3.49. The van der Waals surface area contributed by atoms with Crippen LogP contribution in [0.2, 0.25) is 0 Å². The van der Waals surface area contributed by atoms with E-state index in [1.807, 2.05) is 17.0 Å². The van der Waals surface area contributed by atoms with Gasteiger partial charge in [-0.3, -0.25) is 9.69 Å². The molecule has 1 fully saturated rings. The molecule has 1 aliphatic heterocycles. The normalized spacial score (nSPS) is 19.8. The van der Waals surface area contributed by atoms with Crippen LogP contribution in [-0.4, -0.2) is 38.8 Å². The van der Waals surface area contributed by atoms with Gasteiger partial charge in [-0.25, -0.2) is 0 Å². The SMILES string of the molecule is O=C(O)C1CCCCN1Cc1nnc(-c2ccc(Br)s2)o1. The average Bonchev–Trinajstić information content (AvgIpc) is 3.08. The number of aromatic nitrogens is 2. The second kappa shape index (κ2) is 6.25. The second-order valence-corrected chi connectivity index (χ2v) is 7.39. The molecule has 3 heterocycles. The Morgan fingerprint density at radius 2 is 2.33 bits per heavy atom. The summed E-state index contributed by atoms with van der Waals surface area (Å²) < 4.78 is 6.65. The van der Waals surface area contributed by atoms with Crippen LogP contribution < -0.4 is 0 Å². The summed E-state index contributed by atoms with van der Waals surface area (Å²) in [6, 6.07) is 3.38. The zero-order valence-electron chi connectivity index (χ0n) is 11.2. The molecule has 0 aromatic carbocycles. The summed E-state index contributed by atoms with van der Waals surface area (Å²) in [6.07, 6.45) is 2.63. The van der Waals surface area contributed by atoms with E-state index < -0.39 is 12.0 Å². The molecule has 1 aliphatic rings. The summed E-state index contributed by atoms with van der Waals surface area (Å²) in [5, 5.41) is 17.3. The smallest absolute Gasteiger partial charge is 0.320 e. The number of hydrogen-bond acceptors (Lipinski definition) is 6. The summed E-state index contributed by atoms with van der Waals surface area (Å²) in [6.45, 7) is 1.13. The lowest BCUT2D eigenvalue weighted by Gasteiger charge is -2.31. The molecular formula is C13H14BrN3O3S. The van der Waals surface area contributed by atoms with Crippen molar-refractivity contribution >= 4 is 33.2 Å². The molecule has 112 valence electrons. The number of thiophene rings is 1. The van der Waals surface area contributed by atoms with E-state index in [1.54, 1.807) is 0 Å². The van der Waals surface area contributed by atoms with Crippen LogP contribution in [0.3, 0.4) is 0 Å². The first-order valence-corrected chi connectivity index (χ1v) is 8.29. The van der Waals surface area contributed by atoms with Gasteiger partial charge in [0.15, 0.2) is 0 Å². The second-order valence-electron chi connectivity index (χ2n) is 4.93. The van der Waals surface area contributed by atoms with Crippen LogP contribution in [-0.2, 0) is 11.3 Å². The van der Waals surface area contributed by atoms with Gasteiger partial charge in [0, 0.05) is 0 Å². The fraction of sp³-hybridized carbons (Fsp3) is 0.462. The molecule has 21 heavy (non-hydrogen) atoms. The number of nitrogens with zero attached hydrogens (tertiary/aromatic N) is 3. The fourth-order valence-corrected chi connectivity index (χ4v) is 3.79. The Balaban J connectivity index is 1.73. The predicted octanol–water partition coefficient (Wildman–Crippen LogP) is 3.00. The highest BCUT2D eigenvalue weighted by Crippen LogP contribution is 2.30. The lowest BCUT2D eigenvalue weighted by atomic mass is 10.0. The van der Waals surface area contributed by atoms with Crippen LogP contribution in [0.5, 0.6) is 0 Å². The van der Waals surface area contributed by atoms with E-state index in [4.69, 9.17) is 4.42 Å². The van der Waals surface area contributed by atoms with Crippen LogP contribution in [0.4, 0.5) is 0 Å². The zero-order valence-corrected chi connectivity index (χ0v) is 13.6. The molecule has 0 amide bonds. The van der Waals surface area contributed by atoms with Gasteiger partial charge in [-0.15, -0.1) is 21.5 Å². The van der Waals surface area contributed by atoms with Gasteiger partial charge in [-0.2, -0.15) is 0 Å². The Hall–Kier alpha value is -1.25.